The Labute approximate surface area is 200 Å². The largest absolute Gasteiger partial charge is 0.493 e. The van der Waals surface area contributed by atoms with E-state index in [0.29, 0.717) is 48.7 Å². The number of carbonyl (C=O) groups excluding carboxylic acids is 2. The lowest BCUT2D eigenvalue weighted by molar-refractivity contribution is 0.0957. The predicted molar refractivity (Wildman–Crippen MR) is 134 cm³/mol. The molecule has 0 aromatic heterocycles. The van der Waals surface area contributed by atoms with Gasteiger partial charge in [0.05, 0.1) is 24.4 Å². The molecule has 34 heavy (non-hydrogen) atoms. The van der Waals surface area contributed by atoms with Gasteiger partial charge in [0.15, 0.2) is 5.78 Å². The molecule has 0 bridgehead atoms. The average Bonchev–Trinajstić information content (AvgIpc) is 2.82. The van der Waals surface area contributed by atoms with Gasteiger partial charge >= 0.3 is 0 Å². The molecule has 0 saturated heterocycles. The summed E-state index contributed by atoms with van der Waals surface area (Å²) in [6, 6.07) is 7.16. The van der Waals surface area contributed by atoms with Gasteiger partial charge in [0.1, 0.15) is 18.1 Å². The molecular weight excluding hydrogens is 432 g/mol. The number of ether oxygens (including phenoxy) is 2. The lowest BCUT2D eigenvalue weighted by Crippen LogP contribution is -2.26. The van der Waals surface area contributed by atoms with E-state index in [1.54, 1.807) is 19.2 Å². The molecule has 0 radical (unpaired) electrons. The van der Waals surface area contributed by atoms with Crippen LogP contribution in [-0.2, 0) is 12.0 Å². The first kappa shape index (κ1) is 25.2. The van der Waals surface area contributed by atoms with E-state index in [1.165, 1.54) is 6.21 Å². The third kappa shape index (κ3) is 5.56. The second-order valence-corrected chi connectivity index (χ2v) is 9.16. The van der Waals surface area contributed by atoms with Crippen molar-refractivity contribution in [1.82, 2.24) is 10.6 Å². The number of benzene rings is 2. The molecule has 8 heteroatoms. The van der Waals surface area contributed by atoms with E-state index < -0.39 is 0 Å². The lowest BCUT2D eigenvalue weighted by atomic mass is 9.84. The molecule has 1 aliphatic rings. The van der Waals surface area contributed by atoms with Gasteiger partial charge < -0.3 is 30.8 Å². The maximum Gasteiger partial charge on any atom is 0.254 e. The van der Waals surface area contributed by atoms with Crippen LogP contribution >= 0.6 is 0 Å². The Morgan fingerprint density at radius 1 is 1.24 bits per heavy atom. The van der Waals surface area contributed by atoms with Crippen LogP contribution in [0.3, 0.4) is 0 Å². The van der Waals surface area contributed by atoms with E-state index in [0.717, 1.165) is 22.6 Å². The Morgan fingerprint density at radius 3 is 2.65 bits per heavy atom. The highest BCUT2D eigenvalue weighted by Crippen LogP contribution is 2.39. The SMILES string of the molecule is CCOc1cc(CNCC(=O)c2cc3c(c(C(C)(C)C)c2)OCCN3)c(C=N)cc1C(=O)NC. The van der Waals surface area contributed by atoms with Gasteiger partial charge in [-0.15, -0.1) is 0 Å². The number of amides is 1. The number of hydrogen-bond acceptors (Lipinski definition) is 7. The number of carbonyl (C=O) groups is 2. The van der Waals surface area contributed by atoms with Crippen LogP contribution in [0.15, 0.2) is 24.3 Å². The van der Waals surface area contributed by atoms with Gasteiger partial charge in [-0.05, 0) is 47.7 Å². The third-order valence-electron chi connectivity index (χ3n) is 5.65. The maximum atomic E-state index is 13.1. The smallest absolute Gasteiger partial charge is 0.254 e. The summed E-state index contributed by atoms with van der Waals surface area (Å²) in [5, 5.41) is 16.9. The Morgan fingerprint density at radius 2 is 2.00 bits per heavy atom. The number of ketones is 1. The minimum atomic E-state index is -0.277. The summed E-state index contributed by atoms with van der Waals surface area (Å²) in [7, 11) is 1.55. The molecule has 2 aromatic rings. The van der Waals surface area contributed by atoms with Crippen molar-refractivity contribution in [2.24, 2.45) is 0 Å². The normalized spacial score (nSPS) is 12.7. The topological polar surface area (TPSA) is 113 Å². The van der Waals surface area contributed by atoms with Gasteiger partial charge in [0.2, 0.25) is 0 Å². The van der Waals surface area contributed by atoms with Gasteiger partial charge in [0.25, 0.3) is 5.91 Å². The molecule has 2 aromatic carbocycles. The molecule has 0 aliphatic carbocycles. The molecule has 3 rings (SSSR count). The van der Waals surface area contributed by atoms with Gasteiger partial charge in [-0.3, -0.25) is 9.59 Å². The van der Waals surface area contributed by atoms with Crippen molar-refractivity contribution < 1.29 is 19.1 Å². The second-order valence-electron chi connectivity index (χ2n) is 9.16. The Bertz CT molecular complexity index is 1090. The number of Topliss-reactive ketones (excluding diaryl/α,β-unsaturated/α-hetero) is 1. The summed E-state index contributed by atoms with van der Waals surface area (Å²) in [6.45, 7) is 10.3. The minimum Gasteiger partial charge on any atom is -0.493 e. The summed E-state index contributed by atoms with van der Waals surface area (Å²) in [6.07, 6.45) is 1.20. The van der Waals surface area contributed by atoms with Crippen LogP contribution in [0.2, 0.25) is 0 Å². The van der Waals surface area contributed by atoms with Crippen molar-refractivity contribution in [3.8, 4) is 11.5 Å². The van der Waals surface area contributed by atoms with Gasteiger partial charge in [0, 0.05) is 37.5 Å². The van der Waals surface area contributed by atoms with Crippen LogP contribution in [0.1, 0.15) is 65.1 Å². The summed E-state index contributed by atoms with van der Waals surface area (Å²) in [5.74, 6) is 0.953. The number of nitrogens with one attached hydrogen (secondary N) is 4. The first-order valence-corrected chi connectivity index (χ1v) is 11.5. The van der Waals surface area contributed by atoms with Crippen molar-refractivity contribution in [2.45, 2.75) is 39.7 Å². The zero-order valence-corrected chi connectivity index (χ0v) is 20.6. The fourth-order valence-corrected chi connectivity index (χ4v) is 3.90. The van der Waals surface area contributed by atoms with Crippen LogP contribution in [-0.4, -0.2) is 51.3 Å². The molecule has 1 aliphatic heterocycles. The molecule has 182 valence electrons. The van der Waals surface area contributed by atoms with E-state index in [4.69, 9.17) is 14.9 Å². The van der Waals surface area contributed by atoms with Crippen LogP contribution in [0.5, 0.6) is 11.5 Å². The van der Waals surface area contributed by atoms with Gasteiger partial charge in [-0.25, -0.2) is 0 Å². The van der Waals surface area contributed by atoms with Crippen molar-refractivity contribution in [3.05, 3.63) is 52.1 Å². The molecule has 0 unspecified atom stereocenters. The number of anilines is 1. The molecule has 8 nitrogen and oxygen atoms in total. The maximum absolute atomic E-state index is 13.1. The van der Waals surface area contributed by atoms with Crippen LogP contribution in [0, 0.1) is 5.41 Å². The molecule has 0 saturated carbocycles. The summed E-state index contributed by atoms with van der Waals surface area (Å²) >= 11 is 0. The van der Waals surface area contributed by atoms with Crippen molar-refractivity contribution >= 4 is 23.6 Å². The summed E-state index contributed by atoms with van der Waals surface area (Å²) in [5.41, 5.74) is 4.03. The molecule has 4 N–H and O–H groups in total. The zero-order valence-electron chi connectivity index (χ0n) is 20.6. The van der Waals surface area contributed by atoms with Crippen molar-refractivity contribution in [2.75, 3.05) is 38.7 Å². The number of fused-ring (bicyclic) bond motifs is 1. The summed E-state index contributed by atoms with van der Waals surface area (Å²) in [4.78, 5) is 25.3. The van der Waals surface area contributed by atoms with Gasteiger partial charge in [-0.1, -0.05) is 20.8 Å². The first-order valence-electron chi connectivity index (χ1n) is 11.5. The van der Waals surface area contributed by atoms with Crippen LogP contribution in [0.25, 0.3) is 0 Å². The van der Waals surface area contributed by atoms with Crippen LogP contribution in [0.4, 0.5) is 5.69 Å². The zero-order chi connectivity index (χ0) is 24.9. The summed E-state index contributed by atoms with van der Waals surface area (Å²) < 4.78 is 11.5. The molecular formula is C26H34N4O4. The Balaban J connectivity index is 1.79. The standard InChI is InChI=1S/C26H34N4O4/c1-6-33-23-12-18(17(13-27)9-19(23)25(32)28-5)14-29-15-22(31)16-10-20(26(2,3)4)24-21(11-16)30-7-8-34-24/h9-13,27,29-30H,6-8,14-15H2,1-5H3,(H,28,32). The molecule has 0 atom stereocenters. The highest BCUT2D eigenvalue weighted by molar-refractivity contribution is 6.00. The highest BCUT2D eigenvalue weighted by Gasteiger charge is 2.26. The minimum absolute atomic E-state index is 0.0379. The number of hydrogen-bond donors (Lipinski definition) is 4. The molecule has 0 spiro atoms. The molecule has 0 fully saturated rings. The second kappa shape index (κ2) is 10.7. The highest BCUT2D eigenvalue weighted by atomic mass is 16.5. The molecule has 1 heterocycles. The van der Waals surface area contributed by atoms with E-state index >= 15 is 0 Å². The predicted octanol–water partition coefficient (Wildman–Crippen LogP) is 3.52. The monoisotopic (exact) mass is 466 g/mol. The first-order chi connectivity index (χ1) is 16.2. The third-order valence-corrected chi connectivity index (χ3v) is 5.65. The quantitative estimate of drug-likeness (QED) is 0.332. The average molecular weight is 467 g/mol. The fourth-order valence-electron chi connectivity index (χ4n) is 3.90. The van der Waals surface area contributed by atoms with E-state index in [1.807, 2.05) is 19.1 Å². The fraction of sp³-hybridized carbons (Fsp3) is 0.423. The van der Waals surface area contributed by atoms with Gasteiger partial charge in [-0.2, -0.15) is 0 Å². The van der Waals surface area contributed by atoms with Crippen LogP contribution < -0.4 is 25.4 Å². The Hall–Kier alpha value is -3.39. The van der Waals surface area contributed by atoms with Crippen molar-refractivity contribution in [1.29, 1.82) is 5.41 Å². The van der Waals surface area contributed by atoms with E-state index in [2.05, 4.69) is 36.7 Å². The van der Waals surface area contributed by atoms with E-state index in [9.17, 15) is 9.59 Å². The lowest BCUT2D eigenvalue weighted by Gasteiger charge is -2.29. The van der Waals surface area contributed by atoms with E-state index in [-0.39, 0.29) is 23.7 Å². The Kier molecular flexibility index (Phi) is 7.94. The van der Waals surface area contributed by atoms with Crippen molar-refractivity contribution in [3.63, 3.8) is 0 Å². The number of rotatable bonds is 9. The molecule has 1 amide bonds.